The van der Waals surface area contributed by atoms with Gasteiger partial charge in [0.1, 0.15) is 0 Å². The van der Waals surface area contributed by atoms with Crippen LogP contribution in [0.4, 0.5) is 0 Å². The highest BCUT2D eigenvalue weighted by atomic mass is 28.5. The topological polar surface area (TPSA) is 63.2 Å². The van der Waals surface area contributed by atoms with E-state index in [0.717, 1.165) is 18.9 Å². The van der Waals surface area contributed by atoms with Gasteiger partial charge < -0.3 is 20.9 Å². The van der Waals surface area contributed by atoms with Crippen LogP contribution in [-0.4, -0.2) is 48.5 Å². The first-order valence-electron chi connectivity index (χ1n) is 13.0. The molecule has 0 bridgehead atoms. The fourth-order valence-electron chi connectivity index (χ4n) is 4.63. The summed E-state index contributed by atoms with van der Waals surface area (Å²) in [7, 11) is -12.5. The molecule has 11 heteroatoms. The Kier molecular flexibility index (Phi) is 13.7. The van der Waals surface area contributed by atoms with Crippen molar-refractivity contribution in [3.05, 3.63) is 12.7 Å². The molecule has 0 fully saturated rings. The fraction of sp³-hybridized carbons (Fsp3) is 0.870. The molecule has 0 N–H and O–H groups in total. The van der Waals surface area contributed by atoms with Crippen molar-refractivity contribution in [3.8, 4) is 0 Å². The summed E-state index contributed by atoms with van der Waals surface area (Å²) in [5.74, 6) is -0.411. The number of hydrogen-bond donors (Lipinski definition) is 0. The van der Waals surface area contributed by atoms with Crippen LogP contribution in [0.15, 0.2) is 12.7 Å². The van der Waals surface area contributed by atoms with E-state index in [9.17, 15) is 4.79 Å². The number of hydrogen-bond acceptors (Lipinski definition) is 6. The summed E-state index contributed by atoms with van der Waals surface area (Å²) in [5.41, 5.74) is 0.263. The Morgan fingerprint density at radius 2 is 1.18 bits per heavy atom. The van der Waals surface area contributed by atoms with Crippen LogP contribution in [0.2, 0.25) is 69.5 Å². The molecule has 0 aromatic rings. The van der Waals surface area contributed by atoms with Gasteiger partial charge in [0.2, 0.25) is 0 Å². The Morgan fingerprint density at radius 3 is 1.56 bits per heavy atom. The maximum Gasteiger partial charge on any atom is 0.398 e. The Balaban J connectivity index is 5.80. The molecule has 0 aliphatic rings. The first-order chi connectivity index (χ1) is 15.3. The summed E-state index contributed by atoms with van der Waals surface area (Å²) >= 11 is 0. The van der Waals surface area contributed by atoms with Gasteiger partial charge in [-0.05, 0) is 58.4 Å². The molecule has 202 valence electrons. The summed E-state index contributed by atoms with van der Waals surface area (Å²) in [6, 6.07) is 1.14. The molecule has 2 atom stereocenters. The second kappa shape index (κ2) is 13.6. The van der Waals surface area contributed by atoms with Gasteiger partial charge in [0, 0.05) is 17.2 Å². The van der Waals surface area contributed by atoms with E-state index < -0.39 is 48.5 Å². The molecule has 0 saturated heterocycles. The lowest BCUT2D eigenvalue weighted by atomic mass is 10.4. The lowest BCUT2D eigenvalue weighted by Crippen LogP contribution is -2.62. The number of unbranched alkanes of at least 4 members (excludes halogenated alkanes) is 1. The zero-order chi connectivity index (χ0) is 27.0. The molecular formula is C23H54O6Si5. The third kappa shape index (κ3) is 11.5. The van der Waals surface area contributed by atoms with Crippen molar-refractivity contribution in [1.82, 2.24) is 0 Å². The van der Waals surface area contributed by atoms with Crippen molar-refractivity contribution in [1.29, 1.82) is 0 Å². The van der Waals surface area contributed by atoms with E-state index in [0.29, 0.717) is 0 Å². The van der Waals surface area contributed by atoms with Crippen LogP contribution in [0.3, 0.4) is 0 Å². The molecule has 0 aliphatic heterocycles. The van der Waals surface area contributed by atoms with Gasteiger partial charge in [0.05, 0.1) is 0 Å². The maximum absolute atomic E-state index is 12.4. The molecule has 0 radical (unpaired) electrons. The van der Waals surface area contributed by atoms with Gasteiger partial charge in [-0.15, -0.1) is 0 Å². The summed E-state index contributed by atoms with van der Waals surface area (Å²) in [6.45, 7) is 31.4. The standard InChI is InChI=1S/C23H54O6Si5/c1-15-19-20-30(7,8)26-31(9,10)27-32(11,12)28-33(13,14)29-34(21(5)16-2,22(6)17-3)25-23(24)18-4/h18,21-22H,4,15-17,19-20H2,1-3,5-14H3. The molecule has 0 aromatic carbocycles. The number of carbonyl (C=O) groups excluding carboxylic acids is 1. The van der Waals surface area contributed by atoms with E-state index in [1.54, 1.807) is 0 Å². The monoisotopic (exact) mass is 566 g/mol. The van der Waals surface area contributed by atoms with Gasteiger partial charge in [-0.25, -0.2) is 4.79 Å². The first kappa shape index (κ1) is 34.1. The fourth-order valence-corrected chi connectivity index (χ4v) is 30.4. The third-order valence-corrected chi connectivity index (χ3v) is 27.0. The predicted octanol–water partition coefficient (Wildman–Crippen LogP) is 7.94. The molecule has 0 amide bonds. The smallest absolute Gasteiger partial charge is 0.398 e. The molecule has 0 aliphatic carbocycles. The number of rotatable bonds is 17. The van der Waals surface area contributed by atoms with Crippen molar-refractivity contribution >= 4 is 48.5 Å². The second-order valence-corrected chi connectivity index (χ2v) is 30.7. The van der Waals surface area contributed by atoms with E-state index in [4.69, 9.17) is 20.9 Å². The zero-order valence-electron chi connectivity index (χ0n) is 24.4. The van der Waals surface area contributed by atoms with Crippen LogP contribution < -0.4 is 0 Å². The second-order valence-electron chi connectivity index (χ2n) is 11.4. The minimum Gasteiger partial charge on any atom is -0.491 e. The summed E-state index contributed by atoms with van der Waals surface area (Å²) in [6.07, 6.45) is 5.35. The SMILES string of the molecule is C=CC(=O)O[Si](O[Si](C)(C)O[Si](C)(C)O[Si](C)(C)O[Si](C)(C)CCCC)(C(C)CC)C(C)CC. The third-order valence-electron chi connectivity index (χ3n) is 6.07. The van der Waals surface area contributed by atoms with Gasteiger partial charge in [-0.1, -0.05) is 66.9 Å². The number of carbonyl (C=O) groups is 1. The van der Waals surface area contributed by atoms with Crippen molar-refractivity contribution in [2.75, 3.05) is 0 Å². The molecule has 0 heterocycles. The maximum atomic E-state index is 12.4. The first-order valence-corrected chi connectivity index (χ1v) is 26.5. The van der Waals surface area contributed by atoms with Crippen LogP contribution in [-0.2, 0) is 25.7 Å². The van der Waals surface area contributed by atoms with E-state index in [-0.39, 0.29) is 11.1 Å². The molecule has 34 heavy (non-hydrogen) atoms. The van der Waals surface area contributed by atoms with Crippen molar-refractivity contribution in [3.63, 3.8) is 0 Å². The molecular weight excluding hydrogens is 513 g/mol. The minimum absolute atomic E-state index is 0.131. The Bertz CT molecular complexity index is 644. The van der Waals surface area contributed by atoms with E-state index in [1.165, 1.54) is 18.9 Å². The molecule has 0 saturated carbocycles. The predicted molar refractivity (Wildman–Crippen MR) is 155 cm³/mol. The average molecular weight is 567 g/mol. The lowest BCUT2D eigenvalue weighted by molar-refractivity contribution is -0.131. The van der Waals surface area contributed by atoms with Gasteiger partial charge in [-0.2, -0.15) is 0 Å². The quantitative estimate of drug-likeness (QED) is 0.131. The Hall–Kier alpha value is 0.134. The summed E-state index contributed by atoms with van der Waals surface area (Å²) in [5, 5.41) is 0. The van der Waals surface area contributed by atoms with Gasteiger partial charge in [0.25, 0.3) is 0 Å². The normalized spacial score (nSPS) is 17.1. The highest BCUT2D eigenvalue weighted by Gasteiger charge is 2.55. The zero-order valence-corrected chi connectivity index (χ0v) is 29.4. The van der Waals surface area contributed by atoms with Crippen LogP contribution in [0.1, 0.15) is 60.3 Å². The Morgan fingerprint density at radius 1 is 0.765 bits per heavy atom. The minimum atomic E-state index is -2.96. The molecule has 0 rings (SSSR count). The van der Waals surface area contributed by atoms with Gasteiger partial charge in [0.15, 0.2) is 8.32 Å². The summed E-state index contributed by atoms with van der Waals surface area (Å²) < 4.78 is 33.1. The van der Waals surface area contributed by atoms with E-state index in [1.807, 2.05) is 0 Å². The average Bonchev–Trinajstić information content (AvgIpc) is 2.67. The van der Waals surface area contributed by atoms with Crippen LogP contribution in [0.5, 0.6) is 0 Å². The van der Waals surface area contributed by atoms with Crippen molar-refractivity contribution in [2.24, 2.45) is 0 Å². The molecule has 6 nitrogen and oxygen atoms in total. The summed E-state index contributed by atoms with van der Waals surface area (Å²) in [4.78, 5) is 12.4. The Labute approximate surface area is 216 Å². The van der Waals surface area contributed by atoms with Gasteiger partial charge in [-0.3, -0.25) is 0 Å². The van der Waals surface area contributed by atoms with Crippen molar-refractivity contribution < 1.29 is 25.7 Å². The van der Waals surface area contributed by atoms with Crippen LogP contribution in [0, 0.1) is 0 Å². The van der Waals surface area contributed by atoms with Crippen LogP contribution in [0.25, 0.3) is 0 Å². The lowest BCUT2D eigenvalue weighted by Gasteiger charge is -2.46. The van der Waals surface area contributed by atoms with Gasteiger partial charge >= 0.3 is 40.2 Å². The molecule has 0 spiro atoms. The highest BCUT2D eigenvalue weighted by molar-refractivity contribution is 6.90. The van der Waals surface area contributed by atoms with E-state index in [2.05, 4.69) is 93.6 Å². The molecule has 2 unspecified atom stereocenters. The van der Waals surface area contributed by atoms with E-state index >= 15 is 0 Å². The molecule has 0 aromatic heterocycles. The van der Waals surface area contributed by atoms with Crippen LogP contribution >= 0.6 is 0 Å². The largest absolute Gasteiger partial charge is 0.491 e. The highest BCUT2D eigenvalue weighted by Crippen LogP contribution is 2.41. The van der Waals surface area contributed by atoms with Crippen molar-refractivity contribution in [2.45, 2.75) is 130 Å².